The maximum Gasteiger partial charge on any atom is 0.0686 e. The molecular weight excluding hydrogens is 338 g/mol. The standard InChI is InChI=1S/C27H47N/c1-3-4-5-6-7-8-22-9-11-23(12-10-22)24-13-15-25(16-14-24)26-17-19-27(2,21-28)20-18-26/h22-26H,3-20H2,1-2H3. The lowest BCUT2D eigenvalue weighted by Crippen LogP contribution is -2.31. The first kappa shape index (κ1) is 22.2. The molecule has 0 aromatic carbocycles. The maximum atomic E-state index is 9.38. The Morgan fingerprint density at radius 2 is 1.14 bits per heavy atom. The Morgan fingerprint density at radius 1 is 0.679 bits per heavy atom. The van der Waals surface area contributed by atoms with Crippen molar-refractivity contribution in [3.63, 3.8) is 0 Å². The van der Waals surface area contributed by atoms with E-state index in [1.165, 1.54) is 89.9 Å². The van der Waals surface area contributed by atoms with Gasteiger partial charge in [-0.15, -0.1) is 0 Å². The summed E-state index contributed by atoms with van der Waals surface area (Å²) in [4.78, 5) is 0. The van der Waals surface area contributed by atoms with Crippen LogP contribution in [-0.2, 0) is 0 Å². The molecule has 0 aromatic heterocycles. The van der Waals surface area contributed by atoms with Crippen molar-refractivity contribution in [2.45, 2.75) is 129 Å². The van der Waals surface area contributed by atoms with Gasteiger partial charge in [0.2, 0.25) is 0 Å². The van der Waals surface area contributed by atoms with Crippen LogP contribution in [0.3, 0.4) is 0 Å². The first-order valence-corrected chi connectivity index (χ1v) is 13.0. The van der Waals surface area contributed by atoms with Crippen LogP contribution >= 0.6 is 0 Å². The molecule has 0 aromatic rings. The van der Waals surface area contributed by atoms with Gasteiger partial charge in [0.15, 0.2) is 0 Å². The van der Waals surface area contributed by atoms with Crippen molar-refractivity contribution in [2.24, 2.45) is 35.0 Å². The molecule has 0 heterocycles. The molecule has 0 saturated heterocycles. The Kier molecular flexibility index (Phi) is 8.74. The number of hydrogen-bond acceptors (Lipinski definition) is 1. The summed E-state index contributed by atoms with van der Waals surface area (Å²) in [5.41, 5.74) is -0.0116. The van der Waals surface area contributed by atoms with Crippen LogP contribution in [0.1, 0.15) is 129 Å². The molecule has 1 heteroatoms. The molecule has 28 heavy (non-hydrogen) atoms. The molecule has 0 radical (unpaired) electrons. The normalized spacial score (nSPS) is 39.4. The Morgan fingerprint density at radius 3 is 1.64 bits per heavy atom. The summed E-state index contributed by atoms with van der Waals surface area (Å²) in [6.07, 6.45) is 25.9. The zero-order valence-electron chi connectivity index (χ0n) is 19.1. The van der Waals surface area contributed by atoms with Gasteiger partial charge in [-0.25, -0.2) is 0 Å². The molecule has 1 nitrogen and oxygen atoms in total. The first-order valence-electron chi connectivity index (χ1n) is 13.0. The molecule has 3 fully saturated rings. The first-order chi connectivity index (χ1) is 13.6. The summed E-state index contributed by atoms with van der Waals surface area (Å²) < 4.78 is 0. The summed E-state index contributed by atoms with van der Waals surface area (Å²) in [5.74, 6) is 5.09. The van der Waals surface area contributed by atoms with Crippen molar-refractivity contribution in [2.75, 3.05) is 0 Å². The van der Waals surface area contributed by atoms with Crippen molar-refractivity contribution in [1.82, 2.24) is 0 Å². The number of unbranched alkanes of at least 4 members (excludes halogenated alkanes) is 4. The Bertz CT molecular complexity index is 465. The van der Waals surface area contributed by atoms with Crippen LogP contribution in [0.5, 0.6) is 0 Å². The molecule has 0 amide bonds. The molecule has 3 aliphatic carbocycles. The number of hydrogen-bond donors (Lipinski definition) is 0. The summed E-state index contributed by atoms with van der Waals surface area (Å²) in [7, 11) is 0. The van der Waals surface area contributed by atoms with Crippen molar-refractivity contribution in [3.05, 3.63) is 0 Å². The molecule has 0 N–H and O–H groups in total. The van der Waals surface area contributed by atoms with Gasteiger partial charge in [0.25, 0.3) is 0 Å². The third kappa shape index (κ3) is 6.24. The fraction of sp³-hybridized carbons (Fsp3) is 0.963. The van der Waals surface area contributed by atoms with Crippen LogP contribution in [0.2, 0.25) is 0 Å². The average Bonchev–Trinajstić information content (AvgIpc) is 2.75. The smallest absolute Gasteiger partial charge is 0.0686 e. The van der Waals surface area contributed by atoms with Crippen LogP contribution in [-0.4, -0.2) is 0 Å². The van der Waals surface area contributed by atoms with Crippen molar-refractivity contribution in [3.8, 4) is 6.07 Å². The van der Waals surface area contributed by atoms with E-state index in [2.05, 4.69) is 19.9 Å². The number of rotatable bonds is 8. The molecular formula is C27H47N. The second-order valence-electron chi connectivity index (χ2n) is 11.2. The van der Waals surface area contributed by atoms with Crippen LogP contribution in [0.25, 0.3) is 0 Å². The lowest BCUT2D eigenvalue weighted by molar-refractivity contribution is 0.0962. The molecule has 0 atom stereocenters. The third-order valence-corrected chi connectivity index (χ3v) is 9.16. The van der Waals surface area contributed by atoms with Gasteiger partial charge in [-0.3, -0.25) is 0 Å². The fourth-order valence-corrected chi connectivity index (χ4v) is 6.93. The fourth-order valence-electron chi connectivity index (χ4n) is 6.93. The molecule has 0 bridgehead atoms. The third-order valence-electron chi connectivity index (χ3n) is 9.16. The molecule has 3 rings (SSSR count). The van der Waals surface area contributed by atoms with Gasteiger partial charge in [-0.1, -0.05) is 58.3 Å². The van der Waals surface area contributed by atoms with Gasteiger partial charge < -0.3 is 0 Å². The molecule has 3 saturated carbocycles. The summed E-state index contributed by atoms with van der Waals surface area (Å²) in [5, 5.41) is 9.38. The highest BCUT2D eigenvalue weighted by Gasteiger charge is 2.37. The molecule has 3 aliphatic rings. The molecule has 0 unspecified atom stereocenters. The lowest BCUT2D eigenvalue weighted by Gasteiger charge is -2.42. The van der Waals surface area contributed by atoms with Crippen LogP contribution in [0, 0.1) is 46.3 Å². The summed E-state index contributed by atoms with van der Waals surface area (Å²) in [6.45, 7) is 4.50. The van der Waals surface area contributed by atoms with Crippen LogP contribution in [0.4, 0.5) is 0 Å². The van der Waals surface area contributed by atoms with Crippen molar-refractivity contribution < 1.29 is 0 Å². The molecule has 160 valence electrons. The molecule has 0 spiro atoms. The van der Waals surface area contributed by atoms with E-state index in [4.69, 9.17) is 0 Å². The minimum atomic E-state index is -0.0116. The Balaban J connectivity index is 1.30. The van der Waals surface area contributed by atoms with Crippen LogP contribution in [0.15, 0.2) is 0 Å². The van der Waals surface area contributed by atoms with Gasteiger partial charge in [0.05, 0.1) is 11.5 Å². The minimum Gasteiger partial charge on any atom is -0.198 e. The van der Waals surface area contributed by atoms with E-state index in [0.717, 1.165) is 42.4 Å². The Hall–Kier alpha value is -0.510. The zero-order valence-corrected chi connectivity index (χ0v) is 19.1. The Labute approximate surface area is 176 Å². The van der Waals surface area contributed by atoms with Gasteiger partial charge in [-0.2, -0.15) is 5.26 Å². The molecule has 0 aliphatic heterocycles. The van der Waals surface area contributed by atoms with Gasteiger partial charge in [0, 0.05) is 0 Å². The summed E-state index contributed by atoms with van der Waals surface area (Å²) >= 11 is 0. The predicted octanol–water partition coefficient (Wildman–Crippen LogP) is 8.68. The highest BCUT2D eigenvalue weighted by molar-refractivity contribution is 4.99. The average molecular weight is 386 g/mol. The van der Waals surface area contributed by atoms with Crippen molar-refractivity contribution >= 4 is 0 Å². The lowest BCUT2D eigenvalue weighted by atomic mass is 9.63. The van der Waals surface area contributed by atoms with E-state index in [1.807, 2.05) is 0 Å². The second kappa shape index (κ2) is 11.0. The maximum absolute atomic E-state index is 9.38. The minimum absolute atomic E-state index is 0.0116. The van der Waals surface area contributed by atoms with E-state index in [9.17, 15) is 5.26 Å². The van der Waals surface area contributed by atoms with E-state index in [0.29, 0.717) is 0 Å². The van der Waals surface area contributed by atoms with Gasteiger partial charge >= 0.3 is 0 Å². The van der Waals surface area contributed by atoms with E-state index >= 15 is 0 Å². The number of nitriles is 1. The monoisotopic (exact) mass is 385 g/mol. The predicted molar refractivity (Wildman–Crippen MR) is 120 cm³/mol. The topological polar surface area (TPSA) is 23.8 Å². The second-order valence-corrected chi connectivity index (χ2v) is 11.2. The highest BCUT2D eigenvalue weighted by atomic mass is 14.4. The zero-order chi connectivity index (χ0) is 19.8. The SMILES string of the molecule is CCCCCCCC1CCC(C2CCC(C3CCC(C)(C#N)CC3)CC2)CC1. The van der Waals surface area contributed by atoms with Crippen molar-refractivity contribution in [1.29, 1.82) is 5.26 Å². The summed E-state index contributed by atoms with van der Waals surface area (Å²) in [6, 6.07) is 2.58. The van der Waals surface area contributed by atoms with Gasteiger partial charge in [0.1, 0.15) is 0 Å². The van der Waals surface area contributed by atoms with E-state index in [1.54, 1.807) is 12.8 Å². The van der Waals surface area contributed by atoms with E-state index in [-0.39, 0.29) is 5.41 Å². The highest BCUT2D eigenvalue weighted by Crippen LogP contribution is 2.48. The quantitative estimate of drug-likeness (QED) is 0.383. The van der Waals surface area contributed by atoms with Gasteiger partial charge in [-0.05, 0) is 101 Å². The van der Waals surface area contributed by atoms with Crippen LogP contribution < -0.4 is 0 Å². The number of nitrogens with zero attached hydrogens (tertiary/aromatic N) is 1. The largest absolute Gasteiger partial charge is 0.198 e. The van der Waals surface area contributed by atoms with E-state index < -0.39 is 0 Å².